The zero-order chi connectivity index (χ0) is 12.7. The molecule has 0 heterocycles. The number of aromatic carboxylic acids is 1. The number of hydrogen-bond acceptors (Lipinski definition) is 4. The summed E-state index contributed by atoms with van der Waals surface area (Å²) >= 11 is 0. The molecule has 1 aromatic rings. The number of hydrogen-bond donors (Lipinski definition) is 2. The van der Waals surface area contributed by atoms with E-state index >= 15 is 0 Å². The molecule has 5 heteroatoms. The number of anilines is 1. The molecule has 0 aliphatic rings. The van der Waals surface area contributed by atoms with Gasteiger partial charge < -0.3 is 20.3 Å². The van der Waals surface area contributed by atoms with Gasteiger partial charge in [-0.05, 0) is 19.1 Å². The zero-order valence-electron chi connectivity index (χ0n) is 9.81. The molecule has 0 bridgehead atoms. The lowest BCUT2D eigenvalue weighted by Gasteiger charge is -2.08. The second-order valence-corrected chi connectivity index (χ2v) is 3.45. The molecule has 0 fully saturated rings. The van der Waals surface area contributed by atoms with Crippen LogP contribution in [0.5, 0.6) is 5.75 Å². The third-order valence-electron chi connectivity index (χ3n) is 2.16. The molecule has 0 radical (unpaired) electrons. The highest BCUT2D eigenvalue weighted by atomic mass is 16.5. The molecule has 3 N–H and O–H groups in total. The van der Waals surface area contributed by atoms with Crippen molar-refractivity contribution in [3.63, 3.8) is 0 Å². The Kier molecular flexibility index (Phi) is 5.29. The number of nitrogen functional groups attached to an aromatic ring is 1. The first kappa shape index (κ1) is 13.3. The zero-order valence-corrected chi connectivity index (χ0v) is 9.81. The maximum atomic E-state index is 10.7. The predicted octanol–water partition coefficient (Wildman–Crippen LogP) is 1.77. The fourth-order valence-electron chi connectivity index (χ4n) is 1.32. The molecule has 17 heavy (non-hydrogen) atoms. The summed E-state index contributed by atoms with van der Waals surface area (Å²) in [4.78, 5) is 10.7. The topological polar surface area (TPSA) is 81.8 Å². The third kappa shape index (κ3) is 4.32. The average molecular weight is 239 g/mol. The van der Waals surface area contributed by atoms with Gasteiger partial charge in [-0.1, -0.05) is 0 Å². The van der Waals surface area contributed by atoms with Crippen LogP contribution in [0.15, 0.2) is 18.2 Å². The molecular formula is C12H17NO4. The Balaban J connectivity index is 2.45. The standard InChI is InChI=1S/C12H17NO4/c1-2-16-6-3-7-17-9-4-5-10(12(14)15)11(13)8-9/h4-5,8H,2-3,6-7,13H2,1H3,(H,14,15). The van der Waals surface area contributed by atoms with Crippen LogP contribution in [0, 0.1) is 0 Å². The van der Waals surface area contributed by atoms with Crippen LogP contribution < -0.4 is 10.5 Å². The van der Waals surface area contributed by atoms with E-state index in [1.165, 1.54) is 12.1 Å². The van der Waals surface area contributed by atoms with Crippen molar-refractivity contribution in [1.82, 2.24) is 0 Å². The summed E-state index contributed by atoms with van der Waals surface area (Å²) in [7, 11) is 0. The van der Waals surface area contributed by atoms with E-state index < -0.39 is 5.97 Å². The molecule has 0 unspecified atom stereocenters. The minimum Gasteiger partial charge on any atom is -0.493 e. The normalized spacial score (nSPS) is 10.2. The molecule has 1 aromatic carbocycles. The highest BCUT2D eigenvalue weighted by Gasteiger charge is 2.08. The monoisotopic (exact) mass is 239 g/mol. The maximum Gasteiger partial charge on any atom is 0.337 e. The Bertz CT molecular complexity index is 379. The van der Waals surface area contributed by atoms with Crippen LogP contribution in [0.25, 0.3) is 0 Å². The highest BCUT2D eigenvalue weighted by Crippen LogP contribution is 2.19. The Morgan fingerprint density at radius 1 is 1.41 bits per heavy atom. The fourth-order valence-corrected chi connectivity index (χ4v) is 1.32. The van der Waals surface area contributed by atoms with Gasteiger partial charge in [-0.25, -0.2) is 4.79 Å². The van der Waals surface area contributed by atoms with Crippen molar-refractivity contribution < 1.29 is 19.4 Å². The van der Waals surface area contributed by atoms with Gasteiger partial charge >= 0.3 is 5.97 Å². The number of carbonyl (C=O) groups is 1. The number of carboxylic acids is 1. The average Bonchev–Trinajstić information content (AvgIpc) is 2.28. The molecule has 0 aromatic heterocycles. The molecule has 0 saturated carbocycles. The smallest absolute Gasteiger partial charge is 0.337 e. The van der Waals surface area contributed by atoms with Crippen LogP contribution in [0.1, 0.15) is 23.7 Å². The Morgan fingerprint density at radius 3 is 2.76 bits per heavy atom. The van der Waals surface area contributed by atoms with Gasteiger partial charge in [0.05, 0.1) is 12.2 Å². The molecular weight excluding hydrogens is 222 g/mol. The van der Waals surface area contributed by atoms with Crippen LogP contribution in [-0.4, -0.2) is 30.9 Å². The Labute approximate surface area is 100 Å². The van der Waals surface area contributed by atoms with Crippen LogP contribution in [0.4, 0.5) is 5.69 Å². The number of rotatable bonds is 7. The number of ether oxygens (including phenoxy) is 2. The largest absolute Gasteiger partial charge is 0.493 e. The predicted molar refractivity (Wildman–Crippen MR) is 64.4 cm³/mol. The highest BCUT2D eigenvalue weighted by molar-refractivity contribution is 5.93. The second-order valence-electron chi connectivity index (χ2n) is 3.45. The first-order chi connectivity index (χ1) is 8.15. The number of carboxylic acid groups (broad SMARTS) is 1. The van der Waals surface area contributed by atoms with Gasteiger partial charge in [0.2, 0.25) is 0 Å². The maximum absolute atomic E-state index is 10.7. The van der Waals surface area contributed by atoms with E-state index in [2.05, 4.69) is 0 Å². The van der Waals surface area contributed by atoms with E-state index in [0.717, 1.165) is 6.42 Å². The van der Waals surface area contributed by atoms with Gasteiger partial charge in [0.1, 0.15) is 5.75 Å². The van der Waals surface area contributed by atoms with Crippen molar-refractivity contribution in [2.75, 3.05) is 25.6 Å². The van der Waals surface area contributed by atoms with Crippen molar-refractivity contribution in [3.05, 3.63) is 23.8 Å². The fraction of sp³-hybridized carbons (Fsp3) is 0.417. The summed E-state index contributed by atoms with van der Waals surface area (Å²) in [5.74, 6) is -0.464. The van der Waals surface area contributed by atoms with Crippen molar-refractivity contribution in [1.29, 1.82) is 0 Å². The second kappa shape index (κ2) is 6.75. The molecule has 0 aliphatic carbocycles. The van der Waals surface area contributed by atoms with Gasteiger partial charge in [0, 0.05) is 31.4 Å². The Morgan fingerprint density at radius 2 is 2.18 bits per heavy atom. The minimum atomic E-state index is -1.04. The molecule has 0 spiro atoms. The summed E-state index contributed by atoms with van der Waals surface area (Å²) in [6.45, 7) is 3.80. The lowest BCUT2D eigenvalue weighted by atomic mass is 10.2. The van der Waals surface area contributed by atoms with Crippen molar-refractivity contribution in [2.24, 2.45) is 0 Å². The van der Waals surface area contributed by atoms with Gasteiger partial charge in [-0.15, -0.1) is 0 Å². The molecule has 0 saturated heterocycles. The van der Waals surface area contributed by atoms with Gasteiger partial charge in [-0.2, -0.15) is 0 Å². The first-order valence-electron chi connectivity index (χ1n) is 5.48. The van der Waals surface area contributed by atoms with E-state index in [-0.39, 0.29) is 11.3 Å². The molecule has 0 aliphatic heterocycles. The third-order valence-corrected chi connectivity index (χ3v) is 2.16. The summed E-state index contributed by atoms with van der Waals surface area (Å²) in [5, 5.41) is 8.79. The summed E-state index contributed by atoms with van der Waals surface area (Å²) in [5.41, 5.74) is 5.89. The Hall–Kier alpha value is -1.75. The van der Waals surface area contributed by atoms with E-state index in [1.807, 2.05) is 6.92 Å². The van der Waals surface area contributed by atoms with E-state index in [9.17, 15) is 4.79 Å². The van der Waals surface area contributed by atoms with E-state index in [0.29, 0.717) is 25.6 Å². The van der Waals surface area contributed by atoms with Gasteiger partial charge in [0.15, 0.2) is 0 Å². The van der Waals surface area contributed by atoms with E-state index in [4.69, 9.17) is 20.3 Å². The van der Waals surface area contributed by atoms with Gasteiger partial charge in [0.25, 0.3) is 0 Å². The minimum absolute atomic E-state index is 0.0895. The molecule has 5 nitrogen and oxygen atoms in total. The van der Waals surface area contributed by atoms with E-state index in [1.54, 1.807) is 6.07 Å². The van der Waals surface area contributed by atoms with Crippen molar-refractivity contribution in [3.8, 4) is 5.75 Å². The molecule has 1 rings (SSSR count). The summed E-state index contributed by atoms with van der Waals surface area (Å²) in [6.07, 6.45) is 0.786. The summed E-state index contributed by atoms with van der Waals surface area (Å²) in [6, 6.07) is 4.56. The van der Waals surface area contributed by atoms with Crippen molar-refractivity contribution in [2.45, 2.75) is 13.3 Å². The SMILES string of the molecule is CCOCCCOc1ccc(C(=O)O)c(N)c1. The summed E-state index contributed by atoms with van der Waals surface area (Å²) < 4.78 is 10.6. The van der Waals surface area contributed by atoms with Gasteiger partial charge in [-0.3, -0.25) is 0 Å². The lowest BCUT2D eigenvalue weighted by Crippen LogP contribution is -2.05. The van der Waals surface area contributed by atoms with Crippen LogP contribution >= 0.6 is 0 Å². The quantitative estimate of drug-likeness (QED) is 0.559. The molecule has 0 amide bonds. The van der Waals surface area contributed by atoms with Crippen LogP contribution in [0.2, 0.25) is 0 Å². The molecule has 94 valence electrons. The van der Waals surface area contributed by atoms with Crippen LogP contribution in [0.3, 0.4) is 0 Å². The first-order valence-corrected chi connectivity index (χ1v) is 5.48. The number of nitrogens with two attached hydrogens (primary N) is 1. The number of benzene rings is 1. The van der Waals surface area contributed by atoms with Crippen LogP contribution in [-0.2, 0) is 4.74 Å². The molecule has 0 atom stereocenters. The lowest BCUT2D eigenvalue weighted by molar-refractivity contribution is 0.0698. The van der Waals surface area contributed by atoms with Crippen molar-refractivity contribution >= 4 is 11.7 Å².